The molecule has 0 fully saturated rings. The second kappa shape index (κ2) is 5.64. The van der Waals surface area contributed by atoms with Crippen LogP contribution in [0.3, 0.4) is 0 Å². The molecule has 0 aliphatic heterocycles. The van der Waals surface area contributed by atoms with Gasteiger partial charge >= 0.3 is 0 Å². The molecule has 0 atom stereocenters. The van der Waals surface area contributed by atoms with Crippen molar-refractivity contribution in [3.63, 3.8) is 0 Å². The quantitative estimate of drug-likeness (QED) is 0.607. The van der Waals surface area contributed by atoms with Gasteiger partial charge in [-0.2, -0.15) is 0 Å². The number of hydrogen-bond acceptors (Lipinski definition) is 4. The van der Waals surface area contributed by atoms with Crippen molar-refractivity contribution in [2.75, 3.05) is 11.9 Å². The van der Waals surface area contributed by atoms with Crippen LogP contribution in [0, 0.1) is 5.82 Å². The number of aromatic nitrogens is 4. The molecule has 2 N–H and O–H groups in total. The summed E-state index contributed by atoms with van der Waals surface area (Å²) in [5, 5.41) is 4.24. The number of anilines is 1. The number of benzene rings is 2. The van der Waals surface area contributed by atoms with Crippen LogP contribution in [-0.2, 0) is 6.42 Å². The van der Waals surface area contributed by atoms with Crippen LogP contribution in [0.1, 0.15) is 5.56 Å². The third kappa shape index (κ3) is 2.70. The third-order valence-corrected chi connectivity index (χ3v) is 3.77. The van der Waals surface area contributed by atoms with E-state index >= 15 is 0 Å². The standard InChI is InChI=1S/C17H14FN5/c18-12-3-1-2-11(6-12)4-5-19-17-13-7-15-16(22-9-21-15)8-14(13)20-10-23-17/h1-3,6-10H,4-5H2,(H,21,22)(H,19,20,23). The number of halogens is 1. The van der Waals surface area contributed by atoms with Crippen LogP contribution in [-0.4, -0.2) is 26.5 Å². The molecule has 2 heterocycles. The molecule has 0 bridgehead atoms. The second-order valence-electron chi connectivity index (χ2n) is 5.32. The number of imidazole rings is 1. The zero-order chi connectivity index (χ0) is 15.6. The molecule has 2 aromatic carbocycles. The zero-order valence-corrected chi connectivity index (χ0v) is 12.3. The lowest BCUT2D eigenvalue weighted by Gasteiger charge is -2.08. The highest BCUT2D eigenvalue weighted by Crippen LogP contribution is 2.23. The lowest BCUT2D eigenvalue weighted by atomic mass is 10.1. The maximum Gasteiger partial charge on any atom is 0.137 e. The van der Waals surface area contributed by atoms with Crippen molar-refractivity contribution >= 4 is 27.8 Å². The number of fused-ring (bicyclic) bond motifs is 2. The second-order valence-corrected chi connectivity index (χ2v) is 5.32. The minimum absolute atomic E-state index is 0.211. The molecule has 0 aliphatic rings. The molecular weight excluding hydrogens is 293 g/mol. The first-order chi connectivity index (χ1) is 11.3. The molecule has 0 saturated heterocycles. The molecule has 0 amide bonds. The highest BCUT2D eigenvalue weighted by molar-refractivity contribution is 5.98. The molecule has 6 heteroatoms. The predicted octanol–water partition coefficient (Wildman–Crippen LogP) is 3.30. The molecule has 2 aromatic heterocycles. The van der Waals surface area contributed by atoms with Gasteiger partial charge in [-0.1, -0.05) is 12.1 Å². The van der Waals surface area contributed by atoms with Gasteiger partial charge in [-0.15, -0.1) is 0 Å². The number of aromatic amines is 1. The highest BCUT2D eigenvalue weighted by atomic mass is 19.1. The van der Waals surface area contributed by atoms with Gasteiger partial charge in [0, 0.05) is 11.9 Å². The molecule has 114 valence electrons. The topological polar surface area (TPSA) is 66.5 Å². The Labute approximate surface area is 131 Å². The molecule has 0 spiro atoms. The molecule has 23 heavy (non-hydrogen) atoms. The van der Waals surface area contributed by atoms with E-state index in [1.165, 1.54) is 12.4 Å². The van der Waals surface area contributed by atoms with E-state index in [1.807, 2.05) is 18.2 Å². The van der Waals surface area contributed by atoms with E-state index in [1.54, 1.807) is 18.5 Å². The summed E-state index contributed by atoms with van der Waals surface area (Å²) < 4.78 is 13.2. The van der Waals surface area contributed by atoms with Crippen molar-refractivity contribution in [3.05, 3.63) is 60.4 Å². The molecule has 0 radical (unpaired) electrons. The zero-order valence-electron chi connectivity index (χ0n) is 12.3. The van der Waals surface area contributed by atoms with Gasteiger partial charge in [-0.3, -0.25) is 0 Å². The summed E-state index contributed by atoms with van der Waals surface area (Å²) in [5.41, 5.74) is 3.61. The molecule has 0 saturated carbocycles. The van der Waals surface area contributed by atoms with Gasteiger partial charge in [-0.25, -0.2) is 19.3 Å². The number of H-pyrrole nitrogens is 1. The van der Waals surface area contributed by atoms with E-state index in [-0.39, 0.29) is 5.82 Å². The SMILES string of the molecule is Fc1cccc(CCNc2ncnc3cc4nc[nH]c4cc23)c1. The minimum atomic E-state index is -0.211. The highest BCUT2D eigenvalue weighted by Gasteiger charge is 2.06. The van der Waals surface area contributed by atoms with Gasteiger partial charge in [0.1, 0.15) is 18.0 Å². The Balaban J connectivity index is 1.58. The Bertz CT molecular complexity index is 979. The lowest BCUT2D eigenvalue weighted by molar-refractivity contribution is 0.625. The summed E-state index contributed by atoms with van der Waals surface area (Å²) in [5.74, 6) is 0.555. The monoisotopic (exact) mass is 307 g/mol. The number of hydrogen-bond donors (Lipinski definition) is 2. The van der Waals surface area contributed by atoms with Crippen molar-refractivity contribution < 1.29 is 4.39 Å². The molecule has 4 rings (SSSR count). The van der Waals surface area contributed by atoms with Crippen LogP contribution >= 0.6 is 0 Å². The summed E-state index contributed by atoms with van der Waals surface area (Å²) in [6.07, 6.45) is 3.91. The van der Waals surface area contributed by atoms with Crippen LogP contribution in [0.15, 0.2) is 49.1 Å². The third-order valence-electron chi connectivity index (χ3n) is 3.77. The average Bonchev–Trinajstić information content (AvgIpc) is 3.00. The average molecular weight is 307 g/mol. The Morgan fingerprint density at radius 1 is 1.04 bits per heavy atom. The summed E-state index contributed by atoms with van der Waals surface area (Å²) in [4.78, 5) is 15.9. The molecule has 0 unspecified atom stereocenters. The van der Waals surface area contributed by atoms with Gasteiger partial charge in [0.15, 0.2) is 0 Å². The number of nitrogens with zero attached hydrogens (tertiary/aromatic N) is 3. The lowest BCUT2D eigenvalue weighted by Crippen LogP contribution is -2.07. The predicted molar refractivity (Wildman–Crippen MR) is 87.8 cm³/mol. The van der Waals surface area contributed by atoms with Gasteiger partial charge in [0.25, 0.3) is 0 Å². The normalized spacial score (nSPS) is 11.2. The van der Waals surface area contributed by atoms with E-state index in [0.29, 0.717) is 6.54 Å². The molecule has 4 aromatic rings. The van der Waals surface area contributed by atoms with E-state index < -0.39 is 0 Å². The first kappa shape index (κ1) is 13.6. The minimum Gasteiger partial charge on any atom is -0.369 e. The van der Waals surface area contributed by atoms with Crippen LogP contribution in [0.25, 0.3) is 21.9 Å². The summed E-state index contributed by atoms with van der Waals surface area (Å²) in [7, 11) is 0. The molecular formula is C17H14FN5. The van der Waals surface area contributed by atoms with E-state index in [9.17, 15) is 4.39 Å². The first-order valence-electron chi connectivity index (χ1n) is 7.36. The largest absolute Gasteiger partial charge is 0.369 e. The van der Waals surface area contributed by atoms with Crippen molar-refractivity contribution in [1.82, 2.24) is 19.9 Å². The van der Waals surface area contributed by atoms with Crippen molar-refractivity contribution in [3.8, 4) is 0 Å². The van der Waals surface area contributed by atoms with Crippen LogP contribution in [0.2, 0.25) is 0 Å². The number of nitrogens with one attached hydrogen (secondary N) is 2. The van der Waals surface area contributed by atoms with Crippen molar-refractivity contribution in [1.29, 1.82) is 0 Å². The summed E-state index contributed by atoms with van der Waals surface area (Å²) in [6.45, 7) is 0.663. The van der Waals surface area contributed by atoms with Crippen LogP contribution < -0.4 is 5.32 Å². The number of rotatable bonds is 4. The van der Waals surface area contributed by atoms with Crippen molar-refractivity contribution in [2.24, 2.45) is 0 Å². The molecule has 0 aliphatic carbocycles. The molecule has 5 nitrogen and oxygen atoms in total. The fourth-order valence-electron chi connectivity index (χ4n) is 2.64. The Kier molecular flexibility index (Phi) is 3.34. The van der Waals surface area contributed by atoms with Crippen LogP contribution in [0.5, 0.6) is 0 Å². The van der Waals surface area contributed by atoms with Crippen LogP contribution in [0.4, 0.5) is 10.2 Å². The summed E-state index contributed by atoms with van der Waals surface area (Å²) >= 11 is 0. The maximum atomic E-state index is 13.2. The smallest absolute Gasteiger partial charge is 0.137 e. The van der Waals surface area contributed by atoms with Gasteiger partial charge in [0.2, 0.25) is 0 Å². The van der Waals surface area contributed by atoms with E-state index in [2.05, 4.69) is 25.3 Å². The van der Waals surface area contributed by atoms with Crippen molar-refractivity contribution in [2.45, 2.75) is 6.42 Å². The Hall–Kier alpha value is -3.02. The van der Waals surface area contributed by atoms with E-state index in [0.717, 1.165) is 39.7 Å². The fourth-order valence-corrected chi connectivity index (χ4v) is 2.64. The van der Waals surface area contributed by atoms with Gasteiger partial charge < -0.3 is 10.3 Å². The Morgan fingerprint density at radius 2 is 2.00 bits per heavy atom. The van der Waals surface area contributed by atoms with Gasteiger partial charge in [0.05, 0.1) is 22.9 Å². The van der Waals surface area contributed by atoms with E-state index in [4.69, 9.17) is 0 Å². The fraction of sp³-hybridized carbons (Fsp3) is 0.118. The Morgan fingerprint density at radius 3 is 2.91 bits per heavy atom. The summed E-state index contributed by atoms with van der Waals surface area (Å²) in [6, 6.07) is 10.6. The first-order valence-corrected chi connectivity index (χ1v) is 7.36. The maximum absolute atomic E-state index is 13.2. The van der Waals surface area contributed by atoms with Gasteiger partial charge in [-0.05, 0) is 36.2 Å².